The number of aromatic hydroxyl groups is 2. The Morgan fingerprint density at radius 2 is 1.45 bits per heavy atom. The number of hydrogen-bond acceptors (Lipinski definition) is 13. The molecule has 0 bridgehead atoms. The maximum Gasteiger partial charge on any atom is 0.289 e. The molecule has 0 aliphatic carbocycles. The monoisotopic (exact) mass is 1110 g/mol. The first-order valence-corrected chi connectivity index (χ1v) is 28.2. The van der Waals surface area contributed by atoms with Gasteiger partial charge in [0.25, 0.3) is 11.8 Å². The molecule has 5 amide bonds. The van der Waals surface area contributed by atoms with Crippen molar-refractivity contribution in [1.82, 2.24) is 40.1 Å². The summed E-state index contributed by atoms with van der Waals surface area (Å²) in [6, 6.07) is 15.8. The molecule has 19 heteroatoms. The Bertz CT molecular complexity index is 2750. The van der Waals surface area contributed by atoms with Crippen LogP contribution in [0.1, 0.15) is 152 Å². The minimum atomic E-state index is -0.922. The fourth-order valence-corrected chi connectivity index (χ4v) is 11.3. The van der Waals surface area contributed by atoms with E-state index in [9.17, 15) is 44.1 Å². The van der Waals surface area contributed by atoms with E-state index in [1.165, 1.54) is 29.8 Å². The summed E-state index contributed by atoms with van der Waals surface area (Å²) in [5.41, 5.74) is 2.10. The van der Waals surface area contributed by atoms with Crippen LogP contribution in [0.5, 0.6) is 11.5 Å². The SMILES string of the molecule is CCNC(=O)c1nnc(-c2cc(C(C)C)c(O)cc2O)n1-c1ccc(C(=O)N(C)[C@@H](C(=O)C[C@H](C(=O)N(C)C([C@@H](C)CC)[C@@H](CC(=O)N2CCC[C@@H]2[C@@H](OC)[C@@H](C)C(=O)N[C@@H](C)[C@H](O)c2ccccc2)OC)C(C)C)C(C)C)cc1. The lowest BCUT2D eigenvalue weighted by atomic mass is 9.83. The topological polar surface area (TPSA) is 246 Å². The highest BCUT2D eigenvalue weighted by atomic mass is 16.5. The highest BCUT2D eigenvalue weighted by Gasteiger charge is 2.44. The number of aromatic nitrogens is 3. The lowest BCUT2D eigenvalue weighted by Gasteiger charge is -2.41. The van der Waals surface area contributed by atoms with E-state index in [1.54, 1.807) is 87.1 Å². The summed E-state index contributed by atoms with van der Waals surface area (Å²) >= 11 is 0. The maximum atomic E-state index is 14.9. The highest BCUT2D eigenvalue weighted by molar-refractivity contribution is 5.99. The van der Waals surface area contributed by atoms with Crippen molar-refractivity contribution >= 4 is 35.3 Å². The zero-order valence-electron chi connectivity index (χ0n) is 49.6. The Balaban J connectivity index is 1.33. The zero-order valence-corrected chi connectivity index (χ0v) is 49.6. The lowest BCUT2D eigenvalue weighted by Crippen LogP contribution is -2.55. The van der Waals surface area contributed by atoms with Crippen molar-refractivity contribution in [3.05, 3.63) is 89.2 Å². The number of methoxy groups -OCH3 is 2. The zero-order chi connectivity index (χ0) is 59.4. The number of likely N-dealkylation sites (N-methyl/N-ethyl adjacent to an activating group) is 2. The predicted octanol–water partition coefficient (Wildman–Crippen LogP) is 7.71. The molecule has 3 aromatic carbocycles. The third-order valence-electron chi connectivity index (χ3n) is 16.1. The standard InChI is InChI=1S/C61H88N8O11/c1-16-37(9)53(50(79-14)33-51(73)68-29-21-24-46(68)55(80-15)38(10)58(75)63-39(11)54(74)40-22-19-18-20-23-40)67(13)61(78)44(35(5)6)31-49(72)52(36(7)8)66(12)60(77)41-25-27-42(28-26-41)69-56(64-65-57(69)59(76)62-17-2)45-30-43(34(3)4)47(70)32-48(45)71/h18-20,22-23,25-28,30,32,34-39,44,46,50,52-55,70-71,74H,16-17,21,24,29,31,33H2,1-15H3,(H,62,76)(H,63,75)/t37-,38+,39-,44-,46+,50+,52+,53?,54-,55-/m0/s1. The summed E-state index contributed by atoms with van der Waals surface area (Å²) in [6.45, 7) is 21.3. The molecule has 1 saturated heterocycles. The van der Waals surface area contributed by atoms with Gasteiger partial charge in [-0.2, -0.15) is 0 Å². The van der Waals surface area contributed by atoms with E-state index < -0.39 is 66.1 Å². The van der Waals surface area contributed by atoms with Crippen molar-refractivity contribution < 1.29 is 53.6 Å². The van der Waals surface area contributed by atoms with E-state index in [0.29, 0.717) is 49.2 Å². The van der Waals surface area contributed by atoms with Gasteiger partial charge >= 0.3 is 0 Å². The van der Waals surface area contributed by atoms with Crippen LogP contribution >= 0.6 is 0 Å². The minimum Gasteiger partial charge on any atom is -0.508 e. The van der Waals surface area contributed by atoms with Gasteiger partial charge in [-0.05, 0) is 91.8 Å². The summed E-state index contributed by atoms with van der Waals surface area (Å²) in [5, 5.41) is 46.7. The van der Waals surface area contributed by atoms with Gasteiger partial charge < -0.3 is 50.1 Å². The number of aliphatic hydroxyl groups excluding tert-OH is 1. The molecule has 1 unspecified atom stereocenters. The smallest absolute Gasteiger partial charge is 0.289 e. The van der Waals surface area contributed by atoms with E-state index in [1.807, 2.05) is 73.6 Å². The third-order valence-corrected chi connectivity index (χ3v) is 16.1. The number of amides is 5. The van der Waals surface area contributed by atoms with Gasteiger partial charge in [-0.1, -0.05) is 99.1 Å². The highest BCUT2D eigenvalue weighted by Crippen LogP contribution is 2.39. The Kier molecular flexibility index (Phi) is 23.0. The van der Waals surface area contributed by atoms with Crippen molar-refractivity contribution in [2.75, 3.05) is 41.4 Å². The van der Waals surface area contributed by atoms with Crippen LogP contribution in [0, 0.1) is 29.6 Å². The van der Waals surface area contributed by atoms with E-state index in [0.717, 1.165) is 0 Å². The van der Waals surface area contributed by atoms with Gasteiger partial charge in [0.15, 0.2) is 11.6 Å². The van der Waals surface area contributed by atoms with Crippen LogP contribution in [-0.4, -0.2) is 158 Å². The molecule has 1 aliphatic heterocycles. The van der Waals surface area contributed by atoms with Crippen molar-refractivity contribution in [3.63, 3.8) is 0 Å². The molecule has 19 nitrogen and oxygen atoms in total. The summed E-state index contributed by atoms with van der Waals surface area (Å²) < 4.78 is 13.6. The number of ether oxygens (including phenoxy) is 2. The van der Waals surface area contributed by atoms with E-state index in [2.05, 4.69) is 20.8 Å². The second-order valence-electron chi connectivity index (χ2n) is 22.5. The molecule has 5 rings (SSSR count). The van der Waals surface area contributed by atoms with Crippen LogP contribution in [0.2, 0.25) is 0 Å². The first kappa shape index (κ1) is 64.1. The predicted molar refractivity (Wildman–Crippen MR) is 306 cm³/mol. The number of phenolic OH excluding ortho intramolecular Hbond substituents is 2. The Hall–Kier alpha value is -6.70. The molecule has 1 aliphatic rings. The fraction of sp³-hybridized carbons (Fsp3) is 0.574. The quantitative estimate of drug-likeness (QED) is 0.0385. The summed E-state index contributed by atoms with van der Waals surface area (Å²) in [7, 11) is 6.32. The molecule has 438 valence electrons. The number of Topliss-reactive ketones (excluding diaryl/α,β-unsaturated/α-hetero) is 1. The summed E-state index contributed by atoms with van der Waals surface area (Å²) in [6.07, 6.45) is -0.532. The average Bonchev–Trinajstić information content (AvgIpc) is 4.21. The summed E-state index contributed by atoms with van der Waals surface area (Å²) in [5.74, 6) is -4.70. The summed E-state index contributed by atoms with van der Waals surface area (Å²) in [4.78, 5) is 90.3. The van der Waals surface area contributed by atoms with Gasteiger partial charge in [0, 0.05) is 71.1 Å². The number of nitrogens with one attached hydrogen (secondary N) is 2. The number of carbonyl (C=O) groups excluding carboxylic acids is 6. The third kappa shape index (κ3) is 14.6. The normalized spacial score (nSPS) is 17.0. The fourth-order valence-electron chi connectivity index (χ4n) is 11.3. The molecular weight excluding hydrogens is 1020 g/mol. The maximum absolute atomic E-state index is 14.9. The molecule has 1 fully saturated rings. The molecule has 0 saturated carbocycles. The number of likely N-dealkylation sites (tertiary alicyclic amines) is 1. The minimum absolute atomic E-state index is 0.0532. The molecule has 2 heterocycles. The van der Waals surface area contributed by atoms with E-state index >= 15 is 0 Å². The largest absolute Gasteiger partial charge is 0.508 e. The number of carbonyl (C=O) groups is 6. The van der Waals surface area contributed by atoms with Gasteiger partial charge in [0.1, 0.15) is 11.5 Å². The van der Waals surface area contributed by atoms with Crippen LogP contribution in [-0.2, 0) is 28.7 Å². The van der Waals surface area contributed by atoms with Gasteiger partial charge in [0.2, 0.25) is 23.5 Å². The number of benzene rings is 3. The molecule has 4 aromatic rings. The number of rotatable bonds is 27. The number of aliphatic hydroxyl groups is 1. The van der Waals surface area contributed by atoms with Crippen molar-refractivity contribution in [1.29, 1.82) is 0 Å². The van der Waals surface area contributed by atoms with Crippen molar-refractivity contribution in [2.24, 2.45) is 29.6 Å². The van der Waals surface area contributed by atoms with Gasteiger partial charge in [-0.3, -0.25) is 33.3 Å². The molecule has 0 spiro atoms. The van der Waals surface area contributed by atoms with Gasteiger partial charge in [-0.15, -0.1) is 10.2 Å². The average molecular weight is 1110 g/mol. The van der Waals surface area contributed by atoms with Gasteiger partial charge in [-0.25, -0.2) is 0 Å². The second kappa shape index (κ2) is 28.6. The first-order chi connectivity index (χ1) is 37.8. The van der Waals surface area contributed by atoms with Crippen LogP contribution < -0.4 is 10.6 Å². The Morgan fingerprint density at radius 1 is 0.800 bits per heavy atom. The van der Waals surface area contributed by atoms with Crippen LogP contribution in [0.4, 0.5) is 0 Å². The van der Waals surface area contributed by atoms with E-state index in [4.69, 9.17) is 9.47 Å². The van der Waals surface area contributed by atoms with Crippen molar-refractivity contribution in [3.8, 4) is 28.6 Å². The first-order valence-electron chi connectivity index (χ1n) is 28.2. The molecule has 5 N–H and O–H groups in total. The van der Waals surface area contributed by atoms with Crippen LogP contribution in [0.3, 0.4) is 0 Å². The number of hydrogen-bond donors (Lipinski definition) is 5. The molecule has 1 aromatic heterocycles. The van der Waals surface area contributed by atoms with Crippen LogP contribution in [0.25, 0.3) is 17.1 Å². The molecule has 10 atom stereocenters. The van der Waals surface area contributed by atoms with Crippen LogP contribution in [0.15, 0.2) is 66.7 Å². The number of nitrogens with zero attached hydrogens (tertiary/aromatic N) is 6. The molecular formula is C61H88N8O11. The number of phenols is 2. The molecule has 80 heavy (non-hydrogen) atoms. The van der Waals surface area contributed by atoms with Gasteiger partial charge in [0.05, 0.1) is 60.4 Å². The Labute approximate surface area is 472 Å². The lowest BCUT2D eigenvalue weighted by molar-refractivity contribution is -0.149. The molecule has 0 radical (unpaired) electrons. The van der Waals surface area contributed by atoms with Crippen molar-refractivity contribution in [2.45, 2.75) is 157 Å². The Morgan fingerprint density at radius 3 is 2.01 bits per heavy atom. The second-order valence-corrected chi connectivity index (χ2v) is 22.5. The number of ketones is 1. The van der Waals surface area contributed by atoms with E-state index in [-0.39, 0.29) is 94.3 Å².